The molecule has 0 aliphatic carbocycles. The van der Waals surface area contributed by atoms with E-state index in [1.165, 1.54) is 11.8 Å². The van der Waals surface area contributed by atoms with Crippen LogP contribution < -0.4 is 0 Å². The van der Waals surface area contributed by atoms with Gasteiger partial charge in [0.05, 0.1) is 11.1 Å². The van der Waals surface area contributed by atoms with Crippen LogP contribution in [-0.2, 0) is 0 Å². The van der Waals surface area contributed by atoms with E-state index in [2.05, 4.69) is 26.1 Å². The van der Waals surface area contributed by atoms with Gasteiger partial charge in [0.2, 0.25) is 5.89 Å². The van der Waals surface area contributed by atoms with E-state index >= 15 is 0 Å². The lowest BCUT2D eigenvalue weighted by molar-refractivity contribution is 0.465. The summed E-state index contributed by atoms with van der Waals surface area (Å²) >= 11 is 6.49. The maximum Gasteiger partial charge on any atom is 0.283 e. The fraction of sp³-hybridized carbons (Fsp3) is 0. The molecule has 5 nitrogen and oxygen atoms in total. The fourth-order valence-electron chi connectivity index (χ4n) is 2.72. The van der Waals surface area contributed by atoms with E-state index in [1.807, 2.05) is 65.4 Å². The smallest absolute Gasteiger partial charge is 0.283 e. The van der Waals surface area contributed by atoms with Crippen molar-refractivity contribution >= 4 is 49.9 Å². The lowest BCUT2D eigenvalue weighted by Crippen LogP contribution is -1.93. The van der Waals surface area contributed by atoms with Crippen LogP contribution in [0.4, 0.5) is 0 Å². The van der Waals surface area contributed by atoms with Gasteiger partial charge in [-0.15, -0.1) is 10.2 Å². The first-order chi connectivity index (χ1) is 13.8. The van der Waals surface area contributed by atoms with Gasteiger partial charge in [-0.2, -0.15) is 11.3 Å². The van der Waals surface area contributed by atoms with Crippen LogP contribution in [0.5, 0.6) is 0 Å². The Morgan fingerprint density at radius 2 is 1.79 bits per heavy atom. The van der Waals surface area contributed by atoms with Crippen LogP contribution in [-0.4, -0.2) is 20.2 Å². The van der Waals surface area contributed by atoms with Gasteiger partial charge in [-0.25, -0.2) is 9.97 Å². The van der Waals surface area contributed by atoms with Gasteiger partial charge in [-0.1, -0.05) is 30.3 Å². The number of nitrogens with zero attached hydrogens (tertiary/aromatic N) is 4. The number of para-hydroxylation sites is 1. The summed E-state index contributed by atoms with van der Waals surface area (Å²) in [4.78, 5) is 9.45. The second kappa shape index (κ2) is 7.46. The average molecular weight is 467 g/mol. The van der Waals surface area contributed by atoms with Crippen LogP contribution in [0.3, 0.4) is 0 Å². The van der Waals surface area contributed by atoms with Gasteiger partial charge < -0.3 is 4.42 Å². The summed E-state index contributed by atoms with van der Waals surface area (Å²) < 4.78 is 6.79. The second-order valence-electron chi connectivity index (χ2n) is 5.84. The molecule has 28 heavy (non-hydrogen) atoms. The molecule has 0 N–H and O–H groups in total. The lowest BCUT2D eigenvalue weighted by Gasteiger charge is -2.05. The van der Waals surface area contributed by atoms with Crippen LogP contribution in [0, 0.1) is 0 Å². The number of aromatic nitrogens is 4. The van der Waals surface area contributed by atoms with Crippen LogP contribution in [0.2, 0.25) is 0 Å². The Balaban J connectivity index is 1.56. The number of hydrogen-bond acceptors (Lipinski definition) is 7. The van der Waals surface area contributed by atoms with E-state index in [0.717, 1.165) is 31.5 Å². The van der Waals surface area contributed by atoms with Gasteiger partial charge in [-0.3, -0.25) is 0 Å². The fourth-order valence-corrected chi connectivity index (χ4v) is 4.59. The van der Waals surface area contributed by atoms with Crippen molar-refractivity contribution in [1.29, 1.82) is 0 Å². The first-order valence-corrected chi connectivity index (χ1v) is 10.9. The number of thiophene rings is 1. The van der Waals surface area contributed by atoms with Crippen LogP contribution in [0.25, 0.3) is 33.7 Å². The Morgan fingerprint density at radius 3 is 2.64 bits per heavy atom. The summed E-state index contributed by atoms with van der Waals surface area (Å²) in [7, 11) is 0. The van der Waals surface area contributed by atoms with Gasteiger partial charge in [0, 0.05) is 20.8 Å². The van der Waals surface area contributed by atoms with Crippen molar-refractivity contribution in [2.45, 2.75) is 10.2 Å². The summed E-state index contributed by atoms with van der Waals surface area (Å²) in [6, 6.07) is 17.7. The molecular formula is C20H11BrN4OS2. The van der Waals surface area contributed by atoms with Crippen molar-refractivity contribution in [2.24, 2.45) is 0 Å². The highest BCUT2D eigenvalue weighted by atomic mass is 79.9. The van der Waals surface area contributed by atoms with Crippen molar-refractivity contribution in [2.75, 3.05) is 0 Å². The zero-order valence-corrected chi connectivity index (χ0v) is 17.5. The van der Waals surface area contributed by atoms with Gasteiger partial charge in [-0.05, 0) is 57.3 Å². The number of fused-ring (bicyclic) bond motifs is 1. The minimum atomic E-state index is 0.436. The van der Waals surface area contributed by atoms with Gasteiger partial charge in [0.1, 0.15) is 5.03 Å². The molecule has 0 atom stereocenters. The third-order valence-corrected chi connectivity index (χ3v) is 6.26. The summed E-state index contributed by atoms with van der Waals surface area (Å²) in [5.74, 6) is 1.15. The van der Waals surface area contributed by atoms with Crippen molar-refractivity contribution in [3.63, 3.8) is 0 Å². The quantitative estimate of drug-likeness (QED) is 0.288. The maximum absolute atomic E-state index is 5.89. The first kappa shape index (κ1) is 17.5. The van der Waals surface area contributed by atoms with Crippen molar-refractivity contribution in [3.05, 3.63) is 69.8 Å². The Labute approximate surface area is 177 Å². The van der Waals surface area contributed by atoms with Gasteiger partial charge in [0.15, 0.2) is 5.82 Å². The third kappa shape index (κ3) is 3.34. The van der Waals surface area contributed by atoms with E-state index in [4.69, 9.17) is 14.4 Å². The standard InChI is InChI=1S/C20H11BrN4OS2/c21-15-7-3-1-5-13(15)18-24-25-20(26-18)28-19-14-6-2-4-8-16(14)22-17(23-19)12-9-10-27-11-12/h1-11H. The highest BCUT2D eigenvalue weighted by Gasteiger charge is 2.16. The van der Waals surface area contributed by atoms with E-state index < -0.39 is 0 Å². The summed E-state index contributed by atoms with van der Waals surface area (Å²) in [5, 5.41) is 14.6. The predicted octanol–water partition coefficient (Wildman–Crippen LogP) is 6.32. The van der Waals surface area contributed by atoms with Crippen molar-refractivity contribution in [1.82, 2.24) is 20.2 Å². The van der Waals surface area contributed by atoms with E-state index in [-0.39, 0.29) is 0 Å². The Kier molecular flexibility index (Phi) is 4.67. The Hall–Kier alpha value is -2.55. The molecule has 0 saturated carbocycles. The minimum absolute atomic E-state index is 0.436. The summed E-state index contributed by atoms with van der Waals surface area (Å²) in [5.41, 5.74) is 2.73. The number of halogens is 1. The third-order valence-electron chi connectivity index (χ3n) is 4.04. The molecule has 8 heteroatoms. The molecule has 3 heterocycles. The van der Waals surface area contributed by atoms with E-state index in [0.29, 0.717) is 16.9 Å². The molecule has 0 amide bonds. The normalized spacial score (nSPS) is 11.2. The van der Waals surface area contributed by atoms with Gasteiger partial charge in [0.25, 0.3) is 5.22 Å². The number of rotatable bonds is 4. The monoisotopic (exact) mass is 466 g/mol. The predicted molar refractivity (Wildman–Crippen MR) is 114 cm³/mol. The molecular weight excluding hydrogens is 456 g/mol. The molecule has 0 unspecified atom stereocenters. The zero-order chi connectivity index (χ0) is 18.9. The SMILES string of the molecule is Brc1ccccc1-c1nnc(Sc2nc(-c3ccsc3)nc3ccccc23)o1. The maximum atomic E-state index is 5.89. The minimum Gasteiger partial charge on any atom is -0.411 e. The first-order valence-electron chi connectivity index (χ1n) is 8.33. The highest BCUT2D eigenvalue weighted by Crippen LogP contribution is 2.35. The summed E-state index contributed by atoms with van der Waals surface area (Å²) in [6.07, 6.45) is 0. The van der Waals surface area contributed by atoms with Crippen molar-refractivity contribution < 1.29 is 4.42 Å². The molecule has 0 bridgehead atoms. The number of benzene rings is 2. The molecule has 5 aromatic rings. The molecule has 136 valence electrons. The molecule has 5 rings (SSSR count). The summed E-state index contributed by atoms with van der Waals surface area (Å²) in [6.45, 7) is 0. The van der Waals surface area contributed by atoms with Gasteiger partial charge >= 0.3 is 0 Å². The molecule has 0 radical (unpaired) electrons. The molecule has 0 spiro atoms. The van der Waals surface area contributed by atoms with Crippen LogP contribution in [0.1, 0.15) is 0 Å². The average Bonchev–Trinajstić information content (AvgIpc) is 3.41. The topological polar surface area (TPSA) is 64.7 Å². The Morgan fingerprint density at radius 1 is 0.929 bits per heavy atom. The van der Waals surface area contributed by atoms with Crippen LogP contribution in [0.15, 0.2) is 84.5 Å². The molecule has 0 aliphatic rings. The lowest BCUT2D eigenvalue weighted by atomic mass is 10.2. The van der Waals surface area contributed by atoms with Crippen LogP contribution >= 0.6 is 39.0 Å². The molecule has 3 aromatic heterocycles. The Bertz CT molecular complexity index is 1270. The zero-order valence-electron chi connectivity index (χ0n) is 14.2. The largest absolute Gasteiger partial charge is 0.411 e. The molecule has 0 fully saturated rings. The van der Waals surface area contributed by atoms with E-state index in [1.54, 1.807) is 11.3 Å². The molecule has 0 aliphatic heterocycles. The van der Waals surface area contributed by atoms with Crippen molar-refractivity contribution in [3.8, 4) is 22.8 Å². The number of hydrogen-bond donors (Lipinski definition) is 0. The second-order valence-corrected chi connectivity index (χ2v) is 8.41. The highest BCUT2D eigenvalue weighted by molar-refractivity contribution is 9.10. The molecule has 0 saturated heterocycles. The molecule has 2 aromatic carbocycles. The van der Waals surface area contributed by atoms with E-state index in [9.17, 15) is 0 Å².